The number of allylic oxidation sites excluding steroid dienone is 14. The van der Waals surface area contributed by atoms with Gasteiger partial charge in [-0.1, -0.05) is 292 Å². The fourth-order valence-electron chi connectivity index (χ4n) is 9.27. The molecule has 0 aromatic carbocycles. The molecular weight excluding hydrogens is 937 g/mol. The first-order valence-electron chi connectivity index (χ1n) is 32.6. The standard InChI is InChI=1S/C70H122O6/c1-4-7-10-13-16-19-22-25-28-31-33-34-35-36-37-40-42-45-48-51-54-57-60-63-69(72)75-66-67(65-74-68(71)62-59-56-53-50-47-44-41-38-30-27-24-21-18-15-12-9-6-3)76-70(73)64-61-58-55-52-49-46-43-39-32-29-26-23-20-17-14-11-8-5-2/h7,10,16,19-20,23,25,28-29,32-34,36-37,67H,4-6,8-9,11-15,17-18,21-22,24,26-27,30-31,35,38-66H2,1-3H3/b10-7-,19-16-,23-20-,28-25-,32-29-,34-33-,37-36-. The number of carbonyl (C=O) groups excluding carboxylic acids is 3. The number of esters is 3. The van der Waals surface area contributed by atoms with Crippen LogP contribution >= 0.6 is 0 Å². The van der Waals surface area contributed by atoms with Crippen molar-refractivity contribution >= 4 is 17.9 Å². The molecular formula is C70H122O6. The third-order valence-corrected chi connectivity index (χ3v) is 14.1. The number of unbranched alkanes of at least 4 members (excludes halogenated alkanes) is 34. The van der Waals surface area contributed by atoms with Crippen molar-refractivity contribution < 1.29 is 28.6 Å². The Kier molecular flexibility index (Phi) is 61.2. The number of hydrogen-bond acceptors (Lipinski definition) is 6. The maximum atomic E-state index is 12.9. The van der Waals surface area contributed by atoms with Gasteiger partial charge in [-0.2, -0.15) is 0 Å². The molecule has 0 rings (SSSR count). The van der Waals surface area contributed by atoms with Crippen LogP contribution in [0.4, 0.5) is 0 Å². The van der Waals surface area contributed by atoms with Gasteiger partial charge < -0.3 is 14.2 Å². The predicted octanol–water partition coefficient (Wildman–Crippen LogP) is 22.3. The van der Waals surface area contributed by atoms with E-state index in [2.05, 4.69) is 106 Å². The number of hydrogen-bond donors (Lipinski definition) is 0. The zero-order valence-electron chi connectivity index (χ0n) is 50.3. The molecule has 0 N–H and O–H groups in total. The Hall–Kier alpha value is -3.41. The summed E-state index contributed by atoms with van der Waals surface area (Å²) in [6.07, 6.45) is 84.4. The van der Waals surface area contributed by atoms with E-state index in [9.17, 15) is 14.4 Å². The Labute approximate surface area is 471 Å². The molecule has 0 saturated heterocycles. The van der Waals surface area contributed by atoms with Gasteiger partial charge in [0.15, 0.2) is 6.10 Å². The number of rotatable bonds is 59. The van der Waals surface area contributed by atoms with E-state index in [1.54, 1.807) is 0 Å². The van der Waals surface area contributed by atoms with E-state index in [1.807, 2.05) is 0 Å². The van der Waals surface area contributed by atoms with E-state index in [0.717, 1.165) is 109 Å². The second kappa shape index (κ2) is 64.1. The summed E-state index contributed by atoms with van der Waals surface area (Å²) in [6, 6.07) is 0. The smallest absolute Gasteiger partial charge is 0.306 e. The normalized spacial score (nSPS) is 12.6. The van der Waals surface area contributed by atoms with Gasteiger partial charge in [0.1, 0.15) is 13.2 Å². The SMILES string of the molecule is CC/C=C\C/C=C\C/C=C\C/C=C\C/C=C\CCCCCCCCCC(=O)OCC(COC(=O)CCCCCCCCCCCCCCCCCCC)OC(=O)CCCCCCCCC/C=C\C/C=C\CCCCCC. The molecule has 0 saturated carbocycles. The lowest BCUT2D eigenvalue weighted by atomic mass is 10.0. The summed E-state index contributed by atoms with van der Waals surface area (Å²) in [5.41, 5.74) is 0. The summed E-state index contributed by atoms with van der Waals surface area (Å²) in [5.74, 6) is -0.884. The van der Waals surface area contributed by atoms with Crippen molar-refractivity contribution in [1.29, 1.82) is 0 Å². The molecule has 0 aliphatic carbocycles. The van der Waals surface area contributed by atoms with E-state index in [1.165, 1.54) is 173 Å². The minimum Gasteiger partial charge on any atom is -0.462 e. The molecule has 1 atom stereocenters. The topological polar surface area (TPSA) is 78.9 Å². The summed E-state index contributed by atoms with van der Waals surface area (Å²) in [4.78, 5) is 38.4. The van der Waals surface area contributed by atoms with Gasteiger partial charge in [0, 0.05) is 19.3 Å². The fraction of sp³-hybridized carbons (Fsp3) is 0.757. The first-order chi connectivity index (χ1) is 37.5. The lowest BCUT2D eigenvalue weighted by molar-refractivity contribution is -0.167. The van der Waals surface area contributed by atoms with Crippen LogP contribution in [0.25, 0.3) is 0 Å². The molecule has 0 spiro atoms. The molecule has 6 nitrogen and oxygen atoms in total. The summed E-state index contributed by atoms with van der Waals surface area (Å²) in [5, 5.41) is 0. The highest BCUT2D eigenvalue weighted by Gasteiger charge is 2.19. The van der Waals surface area contributed by atoms with Crippen LogP contribution < -0.4 is 0 Å². The molecule has 6 heteroatoms. The Morgan fingerprint density at radius 1 is 0.276 bits per heavy atom. The molecule has 0 amide bonds. The zero-order valence-corrected chi connectivity index (χ0v) is 50.3. The van der Waals surface area contributed by atoms with E-state index in [0.29, 0.717) is 19.3 Å². The summed E-state index contributed by atoms with van der Waals surface area (Å²) >= 11 is 0. The van der Waals surface area contributed by atoms with Gasteiger partial charge in [-0.25, -0.2) is 0 Å². The Bertz CT molecular complexity index is 1450. The second-order valence-electron chi connectivity index (χ2n) is 21.6. The molecule has 0 fully saturated rings. The molecule has 0 aromatic rings. The minimum absolute atomic E-state index is 0.0805. The van der Waals surface area contributed by atoms with Crippen molar-refractivity contribution in [3.8, 4) is 0 Å². The molecule has 0 bridgehead atoms. The highest BCUT2D eigenvalue weighted by atomic mass is 16.6. The quantitative estimate of drug-likeness (QED) is 0.0261. The minimum atomic E-state index is -0.786. The number of carbonyl (C=O) groups is 3. The zero-order chi connectivity index (χ0) is 55.0. The Morgan fingerprint density at radius 2 is 0.513 bits per heavy atom. The van der Waals surface area contributed by atoms with Crippen LogP contribution in [0.2, 0.25) is 0 Å². The van der Waals surface area contributed by atoms with Crippen molar-refractivity contribution in [3.63, 3.8) is 0 Å². The van der Waals surface area contributed by atoms with Crippen LogP contribution in [-0.2, 0) is 28.6 Å². The molecule has 0 aliphatic heterocycles. The molecule has 0 radical (unpaired) electrons. The van der Waals surface area contributed by atoms with Crippen LogP contribution in [0.5, 0.6) is 0 Å². The third-order valence-electron chi connectivity index (χ3n) is 14.1. The molecule has 1 unspecified atom stereocenters. The van der Waals surface area contributed by atoms with E-state index >= 15 is 0 Å². The average Bonchev–Trinajstić information content (AvgIpc) is 3.42. The molecule has 76 heavy (non-hydrogen) atoms. The van der Waals surface area contributed by atoms with Crippen molar-refractivity contribution in [2.45, 2.75) is 329 Å². The first-order valence-corrected chi connectivity index (χ1v) is 32.6. The van der Waals surface area contributed by atoms with Gasteiger partial charge in [0.05, 0.1) is 0 Å². The summed E-state index contributed by atoms with van der Waals surface area (Å²) in [7, 11) is 0. The number of ether oxygens (including phenoxy) is 3. The highest BCUT2D eigenvalue weighted by Crippen LogP contribution is 2.17. The van der Waals surface area contributed by atoms with E-state index in [4.69, 9.17) is 14.2 Å². The maximum absolute atomic E-state index is 12.9. The van der Waals surface area contributed by atoms with Crippen molar-refractivity contribution in [2.24, 2.45) is 0 Å². The van der Waals surface area contributed by atoms with E-state index in [-0.39, 0.29) is 31.1 Å². The molecule has 438 valence electrons. The molecule has 0 heterocycles. The third kappa shape index (κ3) is 61.4. The van der Waals surface area contributed by atoms with Gasteiger partial charge in [0.25, 0.3) is 0 Å². The van der Waals surface area contributed by atoms with Crippen molar-refractivity contribution in [1.82, 2.24) is 0 Å². The van der Waals surface area contributed by atoms with Crippen LogP contribution in [0.1, 0.15) is 323 Å². The predicted molar refractivity (Wildman–Crippen MR) is 330 cm³/mol. The Morgan fingerprint density at radius 3 is 0.816 bits per heavy atom. The molecule has 0 aliphatic rings. The van der Waals surface area contributed by atoms with Gasteiger partial charge in [0.2, 0.25) is 0 Å². The van der Waals surface area contributed by atoms with Crippen LogP contribution in [0.15, 0.2) is 85.1 Å². The van der Waals surface area contributed by atoms with Gasteiger partial charge >= 0.3 is 17.9 Å². The average molecular weight is 1060 g/mol. The van der Waals surface area contributed by atoms with Crippen LogP contribution in [-0.4, -0.2) is 37.2 Å². The Balaban J connectivity index is 4.39. The fourth-order valence-corrected chi connectivity index (χ4v) is 9.27. The van der Waals surface area contributed by atoms with Crippen molar-refractivity contribution in [3.05, 3.63) is 85.1 Å². The van der Waals surface area contributed by atoms with Gasteiger partial charge in [-0.05, 0) is 96.3 Å². The molecule has 0 aromatic heterocycles. The van der Waals surface area contributed by atoms with Gasteiger partial charge in [-0.15, -0.1) is 0 Å². The lowest BCUT2D eigenvalue weighted by Gasteiger charge is -2.18. The van der Waals surface area contributed by atoms with Gasteiger partial charge in [-0.3, -0.25) is 14.4 Å². The maximum Gasteiger partial charge on any atom is 0.306 e. The first kappa shape index (κ1) is 72.6. The van der Waals surface area contributed by atoms with Crippen LogP contribution in [0, 0.1) is 0 Å². The lowest BCUT2D eigenvalue weighted by Crippen LogP contribution is -2.30. The largest absolute Gasteiger partial charge is 0.462 e. The summed E-state index contributed by atoms with van der Waals surface area (Å²) in [6.45, 7) is 6.54. The highest BCUT2D eigenvalue weighted by molar-refractivity contribution is 5.71. The second-order valence-corrected chi connectivity index (χ2v) is 21.6. The van der Waals surface area contributed by atoms with Crippen LogP contribution in [0.3, 0.4) is 0 Å². The van der Waals surface area contributed by atoms with Crippen molar-refractivity contribution in [2.75, 3.05) is 13.2 Å². The van der Waals surface area contributed by atoms with E-state index < -0.39 is 6.10 Å². The monoisotopic (exact) mass is 1060 g/mol. The summed E-state index contributed by atoms with van der Waals surface area (Å²) < 4.78 is 17.0.